The summed E-state index contributed by atoms with van der Waals surface area (Å²) in [5, 5.41) is 7.90. The van der Waals surface area contributed by atoms with Crippen LogP contribution in [0.15, 0.2) is 48.7 Å². The second-order valence-electron chi connectivity index (χ2n) is 9.06. The van der Waals surface area contributed by atoms with Crippen LogP contribution in [0, 0.1) is 11.8 Å². The number of anilines is 1. The van der Waals surface area contributed by atoms with Crippen molar-refractivity contribution in [3.05, 3.63) is 54.2 Å². The van der Waals surface area contributed by atoms with Crippen molar-refractivity contribution in [1.29, 1.82) is 0 Å². The van der Waals surface area contributed by atoms with E-state index >= 15 is 0 Å². The van der Waals surface area contributed by atoms with Crippen LogP contribution in [0.4, 0.5) is 5.82 Å². The van der Waals surface area contributed by atoms with Crippen LogP contribution in [-0.4, -0.2) is 34.8 Å². The Kier molecular flexibility index (Phi) is 6.26. The van der Waals surface area contributed by atoms with Crippen molar-refractivity contribution in [2.24, 2.45) is 11.8 Å². The number of hydrogen-bond donors (Lipinski definition) is 1. The van der Waals surface area contributed by atoms with Crippen molar-refractivity contribution in [1.82, 2.24) is 15.1 Å². The van der Waals surface area contributed by atoms with E-state index in [9.17, 15) is 4.79 Å². The summed E-state index contributed by atoms with van der Waals surface area (Å²) in [5.74, 6) is 2.19. The minimum Gasteiger partial charge on any atom is -0.356 e. The van der Waals surface area contributed by atoms with E-state index in [1.807, 2.05) is 35.0 Å². The summed E-state index contributed by atoms with van der Waals surface area (Å²) in [5.41, 5.74) is 2.81. The number of nitrogens with one attached hydrogen (secondary N) is 1. The van der Waals surface area contributed by atoms with Crippen LogP contribution in [0.3, 0.4) is 0 Å². The van der Waals surface area contributed by atoms with Gasteiger partial charge in [-0.05, 0) is 56.1 Å². The van der Waals surface area contributed by atoms with Gasteiger partial charge in [0.15, 0.2) is 0 Å². The van der Waals surface area contributed by atoms with Crippen LogP contribution in [0.25, 0.3) is 5.69 Å². The zero-order valence-corrected chi connectivity index (χ0v) is 18.3. The third-order valence-electron chi connectivity index (χ3n) is 6.74. The molecule has 1 N–H and O–H groups in total. The van der Waals surface area contributed by atoms with Crippen LogP contribution in [0.2, 0.25) is 0 Å². The van der Waals surface area contributed by atoms with Crippen molar-refractivity contribution in [3.8, 4) is 5.69 Å². The van der Waals surface area contributed by atoms with Gasteiger partial charge in [0.05, 0.1) is 17.9 Å². The van der Waals surface area contributed by atoms with E-state index in [-0.39, 0.29) is 11.9 Å². The molecular formula is C25H34N4O. The molecular weight excluding hydrogens is 372 g/mol. The lowest BCUT2D eigenvalue weighted by molar-refractivity contribution is 0.0935. The molecule has 1 amide bonds. The first kappa shape index (κ1) is 20.7. The summed E-state index contributed by atoms with van der Waals surface area (Å²) in [6, 6.07) is 10.2. The molecule has 0 bridgehead atoms. The molecule has 2 heterocycles. The molecule has 0 radical (unpaired) electrons. The van der Waals surface area contributed by atoms with E-state index in [0.29, 0.717) is 17.4 Å². The predicted octanol–water partition coefficient (Wildman–Crippen LogP) is 4.97. The molecule has 160 valence electrons. The van der Waals surface area contributed by atoms with Crippen LogP contribution in [0.5, 0.6) is 0 Å². The number of piperidine rings is 1. The molecule has 2 aliphatic rings. The fourth-order valence-corrected chi connectivity index (χ4v) is 4.93. The van der Waals surface area contributed by atoms with Gasteiger partial charge in [-0.2, -0.15) is 5.10 Å². The Morgan fingerprint density at radius 3 is 2.73 bits per heavy atom. The average Bonchev–Trinajstić information content (AvgIpc) is 3.21. The minimum absolute atomic E-state index is 0.0356. The molecule has 1 saturated heterocycles. The molecule has 30 heavy (non-hydrogen) atoms. The lowest BCUT2D eigenvalue weighted by Gasteiger charge is -2.34. The summed E-state index contributed by atoms with van der Waals surface area (Å²) in [7, 11) is 0. The molecule has 2 aromatic rings. The monoisotopic (exact) mass is 406 g/mol. The van der Waals surface area contributed by atoms with E-state index in [4.69, 9.17) is 0 Å². The Morgan fingerprint density at radius 1 is 1.23 bits per heavy atom. The fraction of sp³-hybridized carbons (Fsp3) is 0.520. The number of nitrogens with zero attached hydrogens (tertiary/aromatic N) is 3. The van der Waals surface area contributed by atoms with Gasteiger partial charge in [-0.1, -0.05) is 50.6 Å². The van der Waals surface area contributed by atoms with E-state index in [2.05, 4.69) is 35.7 Å². The molecule has 1 aliphatic heterocycles. The second kappa shape index (κ2) is 9.07. The van der Waals surface area contributed by atoms with Crippen molar-refractivity contribution < 1.29 is 4.79 Å². The Bertz CT molecular complexity index is 888. The smallest absolute Gasteiger partial charge is 0.257 e. The molecule has 1 aromatic carbocycles. The van der Waals surface area contributed by atoms with Crippen molar-refractivity contribution in [3.63, 3.8) is 0 Å². The van der Waals surface area contributed by atoms with Gasteiger partial charge in [0.25, 0.3) is 5.91 Å². The number of para-hydroxylation sites is 1. The van der Waals surface area contributed by atoms with Gasteiger partial charge in [0.2, 0.25) is 0 Å². The lowest BCUT2D eigenvalue weighted by Crippen LogP contribution is -2.41. The highest BCUT2D eigenvalue weighted by Gasteiger charge is 2.29. The first-order chi connectivity index (χ1) is 14.6. The standard InChI is InChI=1S/C25H34N4O/c1-4-20-12-13-23(19(3)15-20)27-24(30)22-16-26-29(21-10-6-5-7-11-21)25(22)28-14-8-9-18(2)17-28/h5-7,10-11,16,18,20,23H,3-4,8-9,12-15,17H2,1-2H3,(H,27,30). The SMILES string of the molecule is C=C1CC(CC)CCC1NC(=O)c1cnn(-c2ccccc2)c1N1CCCC(C)C1. The zero-order chi connectivity index (χ0) is 21.1. The van der Waals surface area contributed by atoms with Gasteiger partial charge in [-0.25, -0.2) is 4.68 Å². The summed E-state index contributed by atoms with van der Waals surface area (Å²) >= 11 is 0. The zero-order valence-electron chi connectivity index (χ0n) is 18.3. The Morgan fingerprint density at radius 2 is 2.03 bits per heavy atom. The van der Waals surface area contributed by atoms with Crippen LogP contribution in [0.1, 0.15) is 62.7 Å². The minimum atomic E-state index is -0.0356. The average molecular weight is 407 g/mol. The number of hydrogen-bond acceptors (Lipinski definition) is 3. The van der Waals surface area contributed by atoms with Crippen LogP contribution >= 0.6 is 0 Å². The first-order valence-corrected chi connectivity index (χ1v) is 11.4. The van der Waals surface area contributed by atoms with E-state index in [1.54, 1.807) is 6.20 Å². The molecule has 0 spiro atoms. The molecule has 2 fully saturated rings. The Labute approximate surface area is 180 Å². The number of rotatable bonds is 5. The molecule has 3 unspecified atom stereocenters. The quantitative estimate of drug-likeness (QED) is 0.713. The van der Waals surface area contributed by atoms with Gasteiger partial charge < -0.3 is 10.2 Å². The van der Waals surface area contributed by atoms with E-state index < -0.39 is 0 Å². The number of aromatic nitrogens is 2. The Hall–Kier alpha value is -2.56. The summed E-state index contributed by atoms with van der Waals surface area (Å²) < 4.78 is 1.93. The Balaban J connectivity index is 1.62. The third-order valence-corrected chi connectivity index (χ3v) is 6.74. The second-order valence-corrected chi connectivity index (χ2v) is 9.06. The van der Waals surface area contributed by atoms with Gasteiger partial charge in [-0.3, -0.25) is 4.79 Å². The molecule has 1 aliphatic carbocycles. The van der Waals surface area contributed by atoms with Crippen molar-refractivity contribution in [2.75, 3.05) is 18.0 Å². The van der Waals surface area contributed by atoms with Gasteiger partial charge >= 0.3 is 0 Å². The summed E-state index contributed by atoms with van der Waals surface area (Å²) in [4.78, 5) is 15.7. The number of carbonyl (C=O) groups is 1. The highest BCUT2D eigenvalue weighted by molar-refractivity contribution is 5.99. The molecule has 1 saturated carbocycles. The largest absolute Gasteiger partial charge is 0.356 e. The third kappa shape index (κ3) is 4.30. The predicted molar refractivity (Wildman–Crippen MR) is 122 cm³/mol. The summed E-state index contributed by atoms with van der Waals surface area (Å²) in [6.45, 7) is 10.7. The number of benzene rings is 1. The number of carbonyl (C=O) groups excluding carboxylic acids is 1. The maximum Gasteiger partial charge on any atom is 0.257 e. The topological polar surface area (TPSA) is 50.2 Å². The van der Waals surface area contributed by atoms with Crippen LogP contribution in [-0.2, 0) is 0 Å². The molecule has 3 atom stereocenters. The van der Waals surface area contributed by atoms with Crippen molar-refractivity contribution in [2.45, 2.75) is 58.4 Å². The highest BCUT2D eigenvalue weighted by atomic mass is 16.1. The first-order valence-electron chi connectivity index (χ1n) is 11.4. The van der Waals surface area contributed by atoms with Crippen molar-refractivity contribution >= 4 is 11.7 Å². The maximum absolute atomic E-state index is 13.4. The molecule has 5 heteroatoms. The van der Waals surface area contributed by atoms with Crippen LogP contribution < -0.4 is 10.2 Å². The maximum atomic E-state index is 13.4. The molecule has 1 aromatic heterocycles. The van der Waals surface area contributed by atoms with E-state index in [1.165, 1.54) is 12.8 Å². The summed E-state index contributed by atoms with van der Waals surface area (Å²) in [6.07, 6.45) is 8.43. The van der Waals surface area contributed by atoms with Gasteiger partial charge in [0.1, 0.15) is 11.4 Å². The molecule has 4 rings (SSSR count). The van der Waals surface area contributed by atoms with Gasteiger partial charge in [0, 0.05) is 13.1 Å². The lowest BCUT2D eigenvalue weighted by atomic mass is 9.81. The number of amides is 1. The highest BCUT2D eigenvalue weighted by Crippen LogP contribution is 2.32. The normalized spacial score (nSPS) is 24.7. The van der Waals surface area contributed by atoms with Gasteiger partial charge in [-0.15, -0.1) is 0 Å². The molecule has 5 nitrogen and oxygen atoms in total. The van der Waals surface area contributed by atoms with E-state index in [0.717, 1.165) is 55.9 Å². The fourth-order valence-electron chi connectivity index (χ4n) is 4.93.